The van der Waals surface area contributed by atoms with Gasteiger partial charge in [-0.1, -0.05) is 17.3 Å². The Balaban J connectivity index is 1.28. The number of amides is 3. The smallest absolute Gasteiger partial charge is 0.245 e. The molecule has 41 heavy (non-hydrogen) atoms. The molecule has 3 amide bonds. The highest BCUT2D eigenvalue weighted by Crippen LogP contribution is 2.71. The normalized spacial score (nSPS) is 29.0. The van der Waals surface area contributed by atoms with Crippen LogP contribution in [0.4, 0.5) is 5.69 Å². The fourth-order valence-electron chi connectivity index (χ4n) is 6.93. The van der Waals surface area contributed by atoms with Crippen molar-refractivity contribution in [2.24, 2.45) is 11.8 Å². The topological polar surface area (TPSA) is 139 Å². The van der Waals surface area contributed by atoms with Crippen LogP contribution in [0.5, 0.6) is 5.75 Å². The van der Waals surface area contributed by atoms with E-state index in [9.17, 15) is 19.5 Å². The number of carbonyl (C=O) groups is 3. The van der Waals surface area contributed by atoms with Gasteiger partial charge in [-0.25, -0.2) is 4.68 Å². The van der Waals surface area contributed by atoms with Gasteiger partial charge in [0.2, 0.25) is 17.7 Å². The SMILES string of the molecule is CCOc1ccc(NC(=O)[C@H]2[C@H]3C(=O)N([C@H](C)CO)C(C(=O)NCn4nnc5ccccc54)C34CC[C@]2(C)S4)cc1. The van der Waals surface area contributed by atoms with Gasteiger partial charge >= 0.3 is 0 Å². The average Bonchev–Trinajstić information content (AvgIpc) is 3.68. The number of rotatable bonds is 9. The first kappa shape index (κ1) is 27.5. The van der Waals surface area contributed by atoms with Crippen LogP contribution in [0.1, 0.15) is 33.6 Å². The Labute approximate surface area is 242 Å². The van der Waals surface area contributed by atoms with Crippen molar-refractivity contribution in [2.45, 2.75) is 61.9 Å². The summed E-state index contributed by atoms with van der Waals surface area (Å²) in [6.45, 7) is 5.99. The Morgan fingerprint density at radius 1 is 1.17 bits per heavy atom. The maximum absolute atomic E-state index is 14.1. The summed E-state index contributed by atoms with van der Waals surface area (Å²) in [5.41, 5.74) is 2.11. The van der Waals surface area contributed by atoms with Gasteiger partial charge in [0.25, 0.3) is 0 Å². The zero-order valence-corrected chi connectivity index (χ0v) is 24.1. The van der Waals surface area contributed by atoms with E-state index in [4.69, 9.17) is 4.74 Å². The second-order valence-electron chi connectivity index (χ2n) is 11.2. The van der Waals surface area contributed by atoms with Crippen molar-refractivity contribution < 1.29 is 24.2 Å². The maximum Gasteiger partial charge on any atom is 0.245 e. The van der Waals surface area contributed by atoms with Crippen molar-refractivity contribution in [3.05, 3.63) is 48.5 Å². The van der Waals surface area contributed by atoms with Crippen LogP contribution in [0.3, 0.4) is 0 Å². The minimum atomic E-state index is -0.841. The highest BCUT2D eigenvalue weighted by atomic mass is 32.2. The maximum atomic E-state index is 14.1. The predicted molar refractivity (Wildman–Crippen MR) is 154 cm³/mol. The molecule has 2 aromatic carbocycles. The molecule has 1 aromatic heterocycles. The molecule has 1 spiro atoms. The number of fused-ring (bicyclic) bond motifs is 2. The number of carbonyl (C=O) groups excluding carboxylic acids is 3. The number of benzene rings is 2. The summed E-state index contributed by atoms with van der Waals surface area (Å²) >= 11 is 1.59. The summed E-state index contributed by atoms with van der Waals surface area (Å²) in [7, 11) is 0. The second kappa shape index (κ2) is 10.3. The molecule has 3 aliphatic rings. The number of hydrogen-bond acceptors (Lipinski definition) is 8. The average molecular weight is 579 g/mol. The summed E-state index contributed by atoms with van der Waals surface area (Å²) in [5, 5.41) is 24.4. The first-order valence-corrected chi connectivity index (χ1v) is 14.8. The van der Waals surface area contributed by atoms with Crippen LogP contribution in [0.15, 0.2) is 48.5 Å². The number of thioether (sulfide) groups is 1. The van der Waals surface area contributed by atoms with Gasteiger partial charge in [-0.2, -0.15) is 0 Å². The molecule has 6 rings (SSSR count). The van der Waals surface area contributed by atoms with E-state index in [1.807, 2.05) is 38.1 Å². The molecule has 216 valence electrons. The highest BCUT2D eigenvalue weighted by molar-refractivity contribution is 8.02. The molecule has 2 unspecified atom stereocenters. The van der Waals surface area contributed by atoms with Crippen molar-refractivity contribution in [1.82, 2.24) is 25.2 Å². The highest BCUT2D eigenvalue weighted by Gasteiger charge is 2.77. The number of likely N-dealkylation sites (tertiary alicyclic amines) is 1. The van der Waals surface area contributed by atoms with Crippen molar-refractivity contribution in [2.75, 3.05) is 18.5 Å². The largest absolute Gasteiger partial charge is 0.494 e. The second-order valence-corrected chi connectivity index (χ2v) is 13.1. The van der Waals surface area contributed by atoms with Gasteiger partial charge in [0.05, 0.1) is 41.4 Å². The summed E-state index contributed by atoms with van der Waals surface area (Å²) in [5.74, 6) is -1.45. The van der Waals surface area contributed by atoms with E-state index in [-0.39, 0.29) is 31.0 Å². The van der Waals surface area contributed by atoms with Crippen LogP contribution < -0.4 is 15.4 Å². The first-order valence-electron chi connectivity index (χ1n) is 14.0. The van der Waals surface area contributed by atoms with Gasteiger partial charge in [0, 0.05) is 10.4 Å². The standard InChI is InChI=1S/C29H34N6O5S/c1-4-40-19-11-9-18(10-12-19)31-25(37)22-23-27(39)35(17(2)15-36)24(29(23)14-13-28(22,3)41-29)26(38)30-16-34-21-8-6-5-7-20(21)32-33-34/h5-12,17,22-24,36H,4,13-16H2,1-3H3,(H,30,38)(H,31,37)/t17-,22-,23+,24?,28+,29?/m1/s1. The summed E-state index contributed by atoms with van der Waals surface area (Å²) in [6, 6.07) is 13.2. The van der Waals surface area contributed by atoms with E-state index < -0.39 is 33.4 Å². The van der Waals surface area contributed by atoms with Crippen LogP contribution in [0, 0.1) is 11.8 Å². The summed E-state index contributed by atoms with van der Waals surface area (Å²) in [4.78, 5) is 43.4. The quantitative estimate of drug-likeness (QED) is 0.352. The molecular formula is C29H34N6O5S. The van der Waals surface area contributed by atoms with E-state index in [0.717, 1.165) is 5.52 Å². The molecule has 4 heterocycles. The van der Waals surface area contributed by atoms with Crippen molar-refractivity contribution in [3.63, 3.8) is 0 Å². The number of aromatic nitrogens is 3. The van der Waals surface area contributed by atoms with Crippen LogP contribution >= 0.6 is 11.8 Å². The number of hydrogen-bond donors (Lipinski definition) is 3. The van der Waals surface area contributed by atoms with Gasteiger partial charge in [-0.05, 0) is 70.0 Å². The van der Waals surface area contributed by atoms with E-state index >= 15 is 0 Å². The number of nitrogens with zero attached hydrogens (tertiary/aromatic N) is 4. The lowest BCUT2D eigenvalue weighted by Gasteiger charge is -2.35. The lowest BCUT2D eigenvalue weighted by atomic mass is 9.66. The van der Waals surface area contributed by atoms with Crippen molar-refractivity contribution in [3.8, 4) is 5.75 Å². The van der Waals surface area contributed by atoms with Gasteiger partial charge < -0.3 is 25.4 Å². The Morgan fingerprint density at radius 2 is 1.93 bits per heavy atom. The summed E-state index contributed by atoms with van der Waals surface area (Å²) in [6.07, 6.45) is 1.32. The minimum absolute atomic E-state index is 0.0791. The molecule has 3 aromatic rings. The zero-order valence-electron chi connectivity index (χ0n) is 23.2. The van der Waals surface area contributed by atoms with Crippen LogP contribution in [-0.2, 0) is 21.1 Å². The Kier molecular flexibility index (Phi) is 6.93. The van der Waals surface area contributed by atoms with E-state index in [0.29, 0.717) is 36.4 Å². The molecular weight excluding hydrogens is 544 g/mol. The van der Waals surface area contributed by atoms with E-state index in [2.05, 4.69) is 20.9 Å². The minimum Gasteiger partial charge on any atom is -0.494 e. The Hall–Kier alpha value is -3.64. The molecule has 0 radical (unpaired) electrons. The molecule has 3 fully saturated rings. The van der Waals surface area contributed by atoms with Gasteiger partial charge in [0.1, 0.15) is 24.0 Å². The Morgan fingerprint density at radius 3 is 2.66 bits per heavy atom. The molecule has 2 bridgehead atoms. The van der Waals surface area contributed by atoms with Crippen molar-refractivity contribution in [1.29, 1.82) is 0 Å². The van der Waals surface area contributed by atoms with E-state index in [1.54, 1.807) is 47.6 Å². The number of para-hydroxylation sites is 1. The molecule has 12 heteroatoms. The molecule has 11 nitrogen and oxygen atoms in total. The monoisotopic (exact) mass is 578 g/mol. The zero-order chi connectivity index (χ0) is 28.9. The molecule has 6 atom stereocenters. The fourth-order valence-corrected chi connectivity index (χ4v) is 9.27. The fraction of sp³-hybridized carbons (Fsp3) is 0.483. The third kappa shape index (κ3) is 4.35. The number of aliphatic hydroxyl groups excluding tert-OH is 1. The lowest BCUT2D eigenvalue weighted by molar-refractivity contribution is -0.142. The number of anilines is 1. The Bertz CT molecular complexity index is 1500. The van der Waals surface area contributed by atoms with Crippen LogP contribution in [0.2, 0.25) is 0 Å². The molecule has 3 N–H and O–H groups in total. The molecule has 3 aliphatic heterocycles. The number of nitrogens with one attached hydrogen (secondary N) is 2. The molecule has 3 saturated heterocycles. The van der Waals surface area contributed by atoms with Gasteiger partial charge in [-0.3, -0.25) is 14.4 Å². The van der Waals surface area contributed by atoms with Crippen LogP contribution in [0.25, 0.3) is 11.0 Å². The van der Waals surface area contributed by atoms with Crippen molar-refractivity contribution >= 4 is 46.2 Å². The van der Waals surface area contributed by atoms with E-state index in [1.165, 1.54) is 4.90 Å². The third-order valence-electron chi connectivity index (χ3n) is 8.74. The first-order chi connectivity index (χ1) is 19.7. The molecule has 0 saturated carbocycles. The number of aliphatic hydroxyl groups is 1. The lowest BCUT2D eigenvalue weighted by Crippen LogP contribution is -2.56. The summed E-state index contributed by atoms with van der Waals surface area (Å²) < 4.78 is 5.81. The van der Waals surface area contributed by atoms with Crippen LogP contribution in [-0.4, -0.2) is 77.5 Å². The van der Waals surface area contributed by atoms with Gasteiger partial charge in [-0.15, -0.1) is 16.9 Å². The predicted octanol–water partition coefficient (Wildman–Crippen LogP) is 2.40. The third-order valence-corrected chi connectivity index (χ3v) is 10.7. The number of ether oxygens (including phenoxy) is 1. The van der Waals surface area contributed by atoms with Gasteiger partial charge in [0.15, 0.2) is 0 Å². The molecule has 0 aliphatic carbocycles.